The van der Waals surface area contributed by atoms with E-state index in [2.05, 4.69) is 10.4 Å². The minimum absolute atomic E-state index is 0.0309. The van der Waals surface area contributed by atoms with E-state index in [1.807, 2.05) is 44.3 Å². The van der Waals surface area contributed by atoms with Crippen molar-refractivity contribution in [2.45, 2.75) is 19.9 Å². The Hall–Kier alpha value is -2.30. The third kappa shape index (κ3) is 2.91. The fourth-order valence-electron chi connectivity index (χ4n) is 2.65. The Morgan fingerprint density at radius 3 is 3.05 bits per heavy atom. The third-order valence-corrected chi connectivity index (χ3v) is 3.79. The highest BCUT2D eigenvalue weighted by Crippen LogP contribution is 2.26. The molecule has 1 aromatic heterocycles. The first-order chi connectivity index (χ1) is 10.1. The highest BCUT2D eigenvalue weighted by atomic mass is 16.5. The van der Waals surface area contributed by atoms with Crippen molar-refractivity contribution >= 4 is 5.91 Å². The van der Waals surface area contributed by atoms with Crippen molar-refractivity contribution in [3.05, 3.63) is 47.3 Å². The Morgan fingerprint density at radius 2 is 2.29 bits per heavy atom. The average molecular weight is 285 g/mol. The fraction of sp³-hybridized carbons (Fsp3) is 0.375. The molecule has 2 aromatic rings. The summed E-state index contributed by atoms with van der Waals surface area (Å²) in [5, 5.41) is 7.25. The van der Waals surface area contributed by atoms with Crippen LogP contribution in [0.5, 0.6) is 5.75 Å². The second-order valence-corrected chi connectivity index (χ2v) is 5.44. The second kappa shape index (κ2) is 5.60. The first kappa shape index (κ1) is 13.7. The van der Waals surface area contributed by atoms with Gasteiger partial charge in [0.2, 0.25) is 5.91 Å². The zero-order valence-corrected chi connectivity index (χ0v) is 12.3. The normalized spacial score (nSPS) is 17.0. The van der Waals surface area contributed by atoms with E-state index in [1.54, 1.807) is 4.68 Å². The smallest absolute Gasteiger partial charge is 0.227 e. The van der Waals surface area contributed by atoms with E-state index in [0.717, 1.165) is 29.1 Å². The van der Waals surface area contributed by atoms with Crippen molar-refractivity contribution in [3.63, 3.8) is 0 Å². The molecule has 0 saturated carbocycles. The molecule has 0 aliphatic carbocycles. The number of ether oxygens (including phenoxy) is 1. The van der Waals surface area contributed by atoms with Crippen LogP contribution in [0.1, 0.15) is 17.0 Å². The van der Waals surface area contributed by atoms with E-state index in [0.29, 0.717) is 13.2 Å². The Kier molecular flexibility index (Phi) is 3.64. The topological polar surface area (TPSA) is 56.1 Å². The lowest BCUT2D eigenvalue weighted by atomic mass is 9.96. The number of nitrogens with zero attached hydrogens (tertiary/aromatic N) is 2. The number of rotatable bonds is 3. The van der Waals surface area contributed by atoms with Crippen molar-refractivity contribution in [2.24, 2.45) is 13.0 Å². The molecule has 1 aliphatic heterocycles. The number of hydrogen-bond acceptors (Lipinski definition) is 3. The Balaban J connectivity index is 1.61. The molecule has 5 nitrogen and oxygen atoms in total. The summed E-state index contributed by atoms with van der Waals surface area (Å²) in [6, 6.07) is 9.86. The number of nitrogens with one attached hydrogen (secondary N) is 1. The van der Waals surface area contributed by atoms with Crippen LogP contribution in [0, 0.1) is 12.8 Å². The minimum atomic E-state index is -0.130. The largest absolute Gasteiger partial charge is 0.492 e. The van der Waals surface area contributed by atoms with Crippen LogP contribution in [0.4, 0.5) is 0 Å². The molecular formula is C16H19N3O2. The van der Waals surface area contributed by atoms with Crippen LogP contribution >= 0.6 is 0 Å². The van der Waals surface area contributed by atoms with Gasteiger partial charge in [0.15, 0.2) is 0 Å². The van der Waals surface area contributed by atoms with Gasteiger partial charge in [0.25, 0.3) is 0 Å². The van der Waals surface area contributed by atoms with E-state index in [9.17, 15) is 4.79 Å². The summed E-state index contributed by atoms with van der Waals surface area (Å²) in [5.41, 5.74) is 3.05. The van der Waals surface area contributed by atoms with Crippen molar-refractivity contribution in [2.75, 3.05) is 6.61 Å². The summed E-state index contributed by atoms with van der Waals surface area (Å²) in [5.74, 6) is 0.793. The first-order valence-electron chi connectivity index (χ1n) is 7.11. The SMILES string of the molecule is Cc1cc(CNC(=O)C2COc3ccccc3C2)n(C)n1. The number of carbonyl (C=O) groups excluding carboxylic acids is 1. The van der Waals surface area contributed by atoms with Gasteiger partial charge in [-0.1, -0.05) is 18.2 Å². The molecule has 1 N–H and O–H groups in total. The average Bonchev–Trinajstić information content (AvgIpc) is 2.82. The summed E-state index contributed by atoms with van der Waals surface area (Å²) in [4.78, 5) is 12.3. The predicted octanol–water partition coefficient (Wildman–Crippen LogP) is 1.60. The molecule has 1 amide bonds. The molecule has 0 bridgehead atoms. The molecule has 0 spiro atoms. The van der Waals surface area contributed by atoms with E-state index >= 15 is 0 Å². The number of benzene rings is 1. The summed E-state index contributed by atoms with van der Waals surface area (Å²) in [6.45, 7) is 2.87. The first-order valence-corrected chi connectivity index (χ1v) is 7.11. The second-order valence-electron chi connectivity index (χ2n) is 5.44. The number of aryl methyl sites for hydroxylation is 2. The van der Waals surface area contributed by atoms with E-state index < -0.39 is 0 Å². The van der Waals surface area contributed by atoms with E-state index in [1.165, 1.54) is 0 Å². The molecule has 0 saturated heterocycles. The van der Waals surface area contributed by atoms with Gasteiger partial charge in [-0.3, -0.25) is 9.48 Å². The number of hydrogen-bond donors (Lipinski definition) is 1. The van der Waals surface area contributed by atoms with Gasteiger partial charge in [0, 0.05) is 7.05 Å². The molecular weight excluding hydrogens is 266 g/mol. The molecule has 3 rings (SSSR count). The van der Waals surface area contributed by atoms with Crippen LogP contribution in [0.15, 0.2) is 30.3 Å². The van der Waals surface area contributed by atoms with Crippen LogP contribution < -0.4 is 10.1 Å². The number of carbonyl (C=O) groups is 1. The van der Waals surface area contributed by atoms with Gasteiger partial charge in [-0.2, -0.15) is 5.10 Å². The maximum atomic E-state index is 12.3. The van der Waals surface area contributed by atoms with Gasteiger partial charge >= 0.3 is 0 Å². The fourth-order valence-corrected chi connectivity index (χ4v) is 2.65. The lowest BCUT2D eigenvalue weighted by molar-refractivity contribution is -0.126. The van der Waals surface area contributed by atoms with E-state index in [4.69, 9.17) is 4.74 Å². The number of fused-ring (bicyclic) bond motifs is 1. The van der Waals surface area contributed by atoms with Crippen molar-refractivity contribution in [1.29, 1.82) is 0 Å². The van der Waals surface area contributed by atoms with E-state index in [-0.39, 0.29) is 11.8 Å². The molecule has 0 fully saturated rings. The van der Waals surface area contributed by atoms with Crippen LogP contribution in [-0.2, 0) is 24.8 Å². The standard InChI is InChI=1S/C16H19N3O2/c1-11-7-14(19(2)18-11)9-17-16(20)13-8-12-5-3-4-6-15(12)21-10-13/h3-7,13H,8-10H2,1-2H3,(H,17,20). The van der Waals surface area contributed by atoms with Crippen LogP contribution in [0.3, 0.4) is 0 Å². The predicted molar refractivity (Wildman–Crippen MR) is 78.9 cm³/mol. The van der Waals surface area contributed by atoms with Crippen molar-refractivity contribution < 1.29 is 9.53 Å². The number of amides is 1. The van der Waals surface area contributed by atoms with Gasteiger partial charge in [-0.05, 0) is 31.0 Å². The minimum Gasteiger partial charge on any atom is -0.492 e. The quantitative estimate of drug-likeness (QED) is 0.932. The highest BCUT2D eigenvalue weighted by Gasteiger charge is 2.25. The summed E-state index contributed by atoms with van der Waals surface area (Å²) >= 11 is 0. The zero-order chi connectivity index (χ0) is 14.8. The molecule has 1 atom stereocenters. The summed E-state index contributed by atoms with van der Waals surface area (Å²) in [7, 11) is 1.88. The Labute approximate surface area is 123 Å². The van der Waals surface area contributed by atoms with Gasteiger partial charge in [0.1, 0.15) is 12.4 Å². The zero-order valence-electron chi connectivity index (χ0n) is 12.3. The Bertz CT molecular complexity index is 663. The third-order valence-electron chi connectivity index (χ3n) is 3.79. The highest BCUT2D eigenvalue weighted by molar-refractivity contribution is 5.79. The van der Waals surface area contributed by atoms with Gasteiger partial charge in [-0.15, -0.1) is 0 Å². The number of para-hydroxylation sites is 1. The molecule has 1 aliphatic rings. The summed E-state index contributed by atoms with van der Waals surface area (Å²) < 4.78 is 7.45. The molecule has 110 valence electrons. The lowest BCUT2D eigenvalue weighted by Crippen LogP contribution is -2.37. The molecule has 2 heterocycles. The molecule has 5 heteroatoms. The lowest BCUT2D eigenvalue weighted by Gasteiger charge is -2.24. The summed E-state index contributed by atoms with van der Waals surface area (Å²) in [6.07, 6.45) is 0.729. The molecule has 0 radical (unpaired) electrons. The molecule has 21 heavy (non-hydrogen) atoms. The number of aromatic nitrogens is 2. The monoisotopic (exact) mass is 285 g/mol. The van der Waals surface area contributed by atoms with Crippen LogP contribution in [0.2, 0.25) is 0 Å². The van der Waals surface area contributed by atoms with Crippen molar-refractivity contribution in [1.82, 2.24) is 15.1 Å². The maximum absolute atomic E-state index is 12.3. The maximum Gasteiger partial charge on any atom is 0.227 e. The van der Waals surface area contributed by atoms with Crippen LogP contribution in [0.25, 0.3) is 0 Å². The van der Waals surface area contributed by atoms with Gasteiger partial charge in [-0.25, -0.2) is 0 Å². The van der Waals surface area contributed by atoms with Gasteiger partial charge in [0.05, 0.1) is 23.9 Å². The van der Waals surface area contributed by atoms with Crippen LogP contribution in [-0.4, -0.2) is 22.3 Å². The van der Waals surface area contributed by atoms with Crippen molar-refractivity contribution in [3.8, 4) is 5.75 Å². The molecule has 1 unspecified atom stereocenters. The van der Waals surface area contributed by atoms with Gasteiger partial charge < -0.3 is 10.1 Å². The Morgan fingerprint density at radius 1 is 1.48 bits per heavy atom. The molecule has 1 aromatic carbocycles.